The second-order valence-electron chi connectivity index (χ2n) is 24.8. The number of hydrogen-bond donors (Lipinski definition) is 2. The molecule has 0 aromatic heterocycles. The summed E-state index contributed by atoms with van der Waals surface area (Å²) in [6, 6.07) is 0. The number of unbranched alkanes of at least 4 members (excludes halogenated alkanes) is 48. The summed E-state index contributed by atoms with van der Waals surface area (Å²) in [4.78, 5) is 62.0. The molecular weight excluding hydrogens is 959 g/mol. The largest absolute Gasteiger partial charge is 0.330 e. The van der Waals surface area contributed by atoms with Gasteiger partial charge in [0.1, 0.15) is 0 Å². The normalized spacial score (nSPS) is 11.8. The number of imide groups is 1. The van der Waals surface area contributed by atoms with E-state index in [1.807, 2.05) is 0 Å². The number of nitrogens with zero attached hydrogens (tertiary/aromatic N) is 1. The molecule has 0 atom stereocenters. The highest BCUT2D eigenvalue weighted by molar-refractivity contribution is 6.17. The van der Waals surface area contributed by atoms with Crippen molar-refractivity contribution < 1.29 is 19.2 Å². The van der Waals surface area contributed by atoms with Crippen molar-refractivity contribution in [3.8, 4) is 0 Å². The van der Waals surface area contributed by atoms with Gasteiger partial charge in [-0.2, -0.15) is 0 Å². The van der Waals surface area contributed by atoms with Crippen molar-refractivity contribution in [1.29, 1.82) is 0 Å². The lowest BCUT2D eigenvalue weighted by molar-refractivity contribution is -0.164. The SMILES string of the molecule is CCCCCCCCCCCCCCCC(=O)N(C(=O)CCCCCCCCCCCCCCC)C(CCCNCCCN)(C(=O)CCCCCCCCCCCCCCC)C(=O)CCCCCCCCCCCCCCC. The highest BCUT2D eigenvalue weighted by Gasteiger charge is 2.52. The number of carbonyl (C=O) groups excluding carboxylic acids is 4. The van der Waals surface area contributed by atoms with Gasteiger partial charge in [-0.15, -0.1) is 0 Å². The highest BCUT2D eigenvalue weighted by atomic mass is 16.2. The summed E-state index contributed by atoms with van der Waals surface area (Å²) < 4.78 is 0. The van der Waals surface area contributed by atoms with E-state index in [0.29, 0.717) is 45.2 Å². The Labute approximate surface area is 488 Å². The Morgan fingerprint density at radius 1 is 0.282 bits per heavy atom. The number of nitrogens with two attached hydrogens (primary N) is 1. The van der Waals surface area contributed by atoms with E-state index in [1.165, 1.54) is 262 Å². The number of Topliss-reactive ketones (excluding diaryl/α,β-unsaturated/α-hetero) is 2. The maximum Gasteiger partial charge on any atom is 0.230 e. The first-order valence-corrected chi connectivity index (χ1v) is 35.7. The second kappa shape index (κ2) is 61.5. The highest BCUT2D eigenvalue weighted by Crippen LogP contribution is 2.33. The lowest BCUT2D eigenvalue weighted by Gasteiger charge is -2.41. The molecule has 0 spiro atoms. The van der Waals surface area contributed by atoms with Gasteiger partial charge in [0.15, 0.2) is 17.1 Å². The first-order chi connectivity index (χ1) is 38.4. The summed E-state index contributed by atoms with van der Waals surface area (Å²) in [6.07, 6.45) is 65.6. The van der Waals surface area contributed by atoms with Crippen LogP contribution >= 0.6 is 0 Å². The molecule has 0 heterocycles. The second-order valence-corrected chi connectivity index (χ2v) is 24.8. The van der Waals surface area contributed by atoms with Gasteiger partial charge < -0.3 is 11.1 Å². The van der Waals surface area contributed by atoms with Crippen molar-refractivity contribution in [3.63, 3.8) is 0 Å². The van der Waals surface area contributed by atoms with E-state index in [0.717, 1.165) is 64.3 Å². The monoisotopic (exact) mass is 1100 g/mol. The standard InChI is InChI=1S/C71H139N3O4/c1-5-9-13-17-21-25-29-33-37-41-45-49-53-59-67(75)71(63-57-65-73-66-58-64-72,68(76)60-54-50-46-42-38-34-30-26-22-18-14-10-6-2)74(69(77)61-55-51-47-43-39-35-31-27-23-19-15-11-7-3)70(78)62-56-52-48-44-40-36-32-28-24-20-16-12-8-4/h73H,5-66,72H2,1-4H3. The quantitative estimate of drug-likeness (QED) is 0.0464. The van der Waals surface area contributed by atoms with Crippen LogP contribution < -0.4 is 11.1 Å². The topological polar surface area (TPSA) is 110 Å². The molecule has 0 unspecified atom stereocenters. The smallest absolute Gasteiger partial charge is 0.230 e. The molecule has 0 aliphatic rings. The Balaban J connectivity index is 6.25. The summed E-state index contributed by atoms with van der Waals surface area (Å²) in [7, 11) is 0. The molecule has 0 fully saturated rings. The van der Waals surface area contributed by atoms with Crippen molar-refractivity contribution >= 4 is 23.4 Å². The Bertz CT molecular complexity index is 1200. The molecule has 0 radical (unpaired) electrons. The van der Waals surface area contributed by atoms with Crippen LogP contribution in [0.4, 0.5) is 0 Å². The van der Waals surface area contributed by atoms with Crippen LogP contribution in [0.5, 0.6) is 0 Å². The van der Waals surface area contributed by atoms with Crippen molar-refractivity contribution in [2.75, 3.05) is 19.6 Å². The van der Waals surface area contributed by atoms with Crippen molar-refractivity contribution in [1.82, 2.24) is 10.2 Å². The zero-order valence-corrected chi connectivity index (χ0v) is 53.5. The molecule has 0 aromatic carbocycles. The number of amides is 2. The first-order valence-electron chi connectivity index (χ1n) is 35.7. The van der Waals surface area contributed by atoms with Gasteiger partial charge in [0.2, 0.25) is 11.8 Å². The van der Waals surface area contributed by atoms with Crippen LogP contribution in [0.3, 0.4) is 0 Å². The van der Waals surface area contributed by atoms with Crippen LogP contribution in [0.1, 0.15) is 407 Å². The van der Waals surface area contributed by atoms with E-state index in [4.69, 9.17) is 5.73 Å². The predicted molar refractivity (Wildman–Crippen MR) is 342 cm³/mol. The molecule has 0 aromatic rings. The zero-order valence-electron chi connectivity index (χ0n) is 53.5. The zero-order chi connectivity index (χ0) is 56.9. The van der Waals surface area contributed by atoms with Crippen molar-refractivity contribution in [2.24, 2.45) is 5.73 Å². The average Bonchev–Trinajstić information content (AvgIpc) is 3.51. The Kier molecular flexibility index (Phi) is 60.2. The fourth-order valence-electron chi connectivity index (χ4n) is 12.0. The molecule has 0 saturated heterocycles. The van der Waals surface area contributed by atoms with E-state index in [9.17, 15) is 9.59 Å². The summed E-state index contributed by atoms with van der Waals surface area (Å²) in [5, 5.41) is 3.49. The van der Waals surface area contributed by atoms with E-state index in [-0.39, 0.29) is 55.5 Å². The summed E-state index contributed by atoms with van der Waals surface area (Å²) in [6.45, 7) is 11.1. The molecule has 7 nitrogen and oxygen atoms in total. The molecule has 462 valence electrons. The molecule has 0 aliphatic carbocycles. The number of rotatable bonds is 66. The van der Waals surface area contributed by atoms with Gasteiger partial charge in [-0.05, 0) is 64.6 Å². The maximum absolute atomic E-state index is 15.3. The summed E-state index contributed by atoms with van der Waals surface area (Å²) in [5.41, 5.74) is 4.12. The van der Waals surface area contributed by atoms with E-state index in [1.54, 1.807) is 0 Å². The molecule has 0 rings (SSSR count). The lowest BCUT2D eigenvalue weighted by Crippen LogP contribution is -2.64. The first kappa shape index (κ1) is 76.4. The van der Waals surface area contributed by atoms with Crippen molar-refractivity contribution in [3.05, 3.63) is 0 Å². The van der Waals surface area contributed by atoms with Crippen LogP contribution in [0, 0.1) is 0 Å². The predicted octanol–water partition coefficient (Wildman–Crippen LogP) is 21.9. The lowest BCUT2D eigenvalue weighted by atomic mass is 9.77. The fourth-order valence-corrected chi connectivity index (χ4v) is 12.0. The minimum absolute atomic E-state index is 0.176. The van der Waals surface area contributed by atoms with Crippen LogP contribution in [-0.4, -0.2) is 53.5 Å². The molecule has 3 N–H and O–H groups in total. The number of ketones is 2. The molecule has 0 aliphatic heterocycles. The van der Waals surface area contributed by atoms with Gasteiger partial charge in [0, 0.05) is 25.7 Å². The van der Waals surface area contributed by atoms with Crippen molar-refractivity contribution in [2.45, 2.75) is 412 Å². The molecule has 0 bridgehead atoms. The maximum atomic E-state index is 15.3. The van der Waals surface area contributed by atoms with Crippen LogP contribution in [0.25, 0.3) is 0 Å². The molecule has 78 heavy (non-hydrogen) atoms. The third-order valence-corrected chi connectivity index (χ3v) is 17.3. The fraction of sp³-hybridized carbons (Fsp3) is 0.944. The van der Waals surface area contributed by atoms with Gasteiger partial charge in [-0.1, -0.05) is 336 Å². The van der Waals surface area contributed by atoms with Gasteiger partial charge in [0.05, 0.1) is 0 Å². The van der Waals surface area contributed by atoms with Gasteiger partial charge in [-0.25, -0.2) is 0 Å². The van der Waals surface area contributed by atoms with E-state index in [2.05, 4.69) is 33.0 Å². The Morgan fingerprint density at radius 2 is 0.487 bits per heavy atom. The van der Waals surface area contributed by atoms with Gasteiger partial charge >= 0.3 is 0 Å². The Hall–Kier alpha value is -1.60. The molecule has 2 amide bonds. The third kappa shape index (κ3) is 45.9. The number of nitrogens with one attached hydrogen (secondary N) is 1. The number of carbonyl (C=O) groups is 4. The van der Waals surface area contributed by atoms with Gasteiger partial charge in [-0.3, -0.25) is 24.1 Å². The Morgan fingerprint density at radius 3 is 0.718 bits per heavy atom. The molecule has 0 saturated carbocycles. The molecular formula is C71H139N3O4. The van der Waals surface area contributed by atoms with Crippen LogP contribution in [-0.2, 0) is 19.2 Å². The van der Waals surface area contributed by atoms with E-state index >= 15 is 9.59 Å². The minimum atomic E-state index is -1.73. The van der Waals surface area contributed by atoms with Gasteiger partial charge in [0.25, 0.3) is 0 Å². The average molecular weight is 1100 g/mol. The summed E-state index contributed by atoms with van der Waals surface area (Å²) >= 11 is 0. The van der Waals surface area contributed by atoms with Crippen LogP contribution in [0.2, 0.25) is 0 Å². The van der Waals surface area contributed by atoms with Crippen LogP contribution in [0.15, 0.2) is 0 Å². The third-order valence-electron chi connectivity index (χ3n) is 17.3. The minimum Gasteiger partial charge on any atom is -0.330 e. The molecule has 7 heteroatoms. The van der Waals surface area contributed by atoms with E-state index < -0.39 is 5.54 Å². The number of hydrogen-bond acceptors (Lipinski definition) is 6. The summed E-state index contributed by atoms with van der Waals surface area (Å²) in [5.74, 6) is -0.924.